The highest BCUT2D eigenvalue weighted by Gasteiger charge is 2.13. The van der Waals surface area contributed by atoms with Gasteiger partial charge in [-0.05, 0) is 37.0 Å². The first kappa shape index (κ1) is 13.0. The van der Waals surface area contributed by atoms with Crippen LogP contribution >= 0.6 is 0 Å². The normalized spacial score (nSPS) is 14.3. The lowest BCUT2D eigenvalue weighted by molar-refractivity contribution is 0.714. The van der Waals surface area contributed by atoms with Gasteiger partial charge in [0.25, 0.3) is 0 Å². The number of para-hydroxylation sites is 2. The average molecular weight is 266 g/mol. The summed E-state index contributed by atoms with van der Waals surface area (Å²) in [5.74, 6) is 0. The van der Waals surface area contributed by atoms with Crippen LogP contribution in [0.25, 0.3) is 0 Å². The zero-order chi connectivity index (χ0) is 13.6. The molecule has 2 heteroatoms. The predicted molar refractivity (Wildman–Crippen MR) is 86.5 cm³/mol. The summed E-state index contributed by atoms with van der Waals surface area (Å²) in [6.45, 7) is 3.36. The molecule has 0 amide bonds. The molecule has 0 unspecified atom stereocenters. The average Bonchev–Trinajstić information content (AvgIpc) is 2.71. The Labute approximate surface area is 121 Å². The Bertz CT molecular complexity index is 536. The number of fused-ring (bicyclic) bond motifs is 1. The number of aryl methyl sites for hydroxylation is 1. The van der Waals surface area contributed by atoms with Gasteiger partial charge in [0, 0.05) is 19.6 Å². The van der Waals surface area contributed by atoms with Crippen molar-refractivity contribution in [3.63, 3.8) is 0 Å². The first-order valence-corrected chi connectivity index (χ1v) is 7.55. The van der Waals surface area contributed by atoms with Crippen molar-refractivity contribution in [2.75, 3.05) is 29.9 Å². The van der Waals surface area contributed by atoms with Crippen molar-refractivity contribution in [3.8, 4) is 0 Å². The lowest BCUT2D eigenvalue weighted by Crippen LogP contribution is -2.25. The summed E-state index contributed by atoms with van der Waals surface area (Å²) >= 11 is 0. The van der Waals surface area contributed by atoms with Gasteiger partial charge in [0.2, 0.25) is 0 Å². The lowest BCUT2D eigenvalue weighted by Gasteiger charge is -2.24. The van der Waals surface area contributed by atoms with Crippen molar-refractivity contribution in [1.29, 1.82) is 0 Å². The monoisotopic (exact) mass is 266 g/mol. The molecule has 0 fully saturated rings. The van der Waals surface area contributed by atoms with E-state index in [0.717, 1.165) is 26.1 Å². The van der Waals surface area contributed by atoms with Crippen molar-refractivity contribution in [2.45, 2.75) is 19.3 Å². The number of hydrogen-bond acceptors (Lipinski definition) is 2. The molecule has 0 aliphatic carbocycles. The number of nitrogens with one attached hydrogen (secondary N) is 1. The van der Waals surface area contributed by atoms with Crippen LogP contribution in [0, 0.1) is 0 Å². The van der Waals surface area contributed by atoms with Gasteiger partial charge in [-0.3, -0.25) is 0 Å². The molecule has 0 atom stereocenters. The summed E-state index contributed by atoms with van der Waals surface area (Å²) in [5, 5.41) is 3.52. The molecule has 104 valence electrons. The summed E-state index contributed by atoms with van der Waals surface area (Å²) in [7, 11) is 0. The minimum Gasteiger partial charge on any atom is -0.383 e. The summed E-state index contributed by atoms with van der Waals surface area (Å²) in [6, 6.07) is 19.4. The fourth-order valence-electron chi connectivity index (χ4n) is 2.86. The fraction of sp³-hybridized carbons (Fsp3) is 0.333. The third-order valence-corrected chi connectivity index (χ3v) is 3.90. The highest BCUT2D eigenvalue weighted by Crippen LogP contribution is 2.28. The van der Waals surface area contributed by atoms with Gasteiger partial charge in [-0.1, -0.05) is 42.5 Å². The maximum atomic E-state index is 3.52. The zero-order valence-electron chi connectivity index (χ0n) is 11.9. The van der Waals surface area contributed by atoms with Gasteiger partial charge in [-0.2, -0.15) is 0 Å². The molecule has 0 radical (unpaired) electrons. The van der Waals surface area contributed by atoms with E-state index < -0.39 is 0 Å². The van der Waals surface area contributed by atoms with Gasteiger partial charge in [-0.25, -0.2) is 0 Å². The van der Waals surface area contributed by atoms with E-state index in [1.807, 2.05) is 0 Å². The molecule has 1 heterocycles. The highest BCUT2D eigenvalue weighted by molar-refractivity contribution is 5.70. The zero-order valence-corrected chi connectivity index (χ0v) is 11.9. The SMILES string of the molecule is c1ccc(CCCN2CCCNc3ccccc32)cc1. The van der Waals surface area contributed by atoms with E-state index >= 15 is 0 Å². The number of nitrogens with zero attached hydrogens (tertiary/aromatic N) is 1. The van der Waals surface area contributed by atoms with Gasteiger partial charge in [0.05, 0.1) is 11.4 Å². The second-order valence-corrected chi connectivity index (χ2v) is 5.37. The smallest absolute Gasteiger partial charge is 0.0602 e. The van der Waals surface area contributed by atoms with Gasteiger partial charge in [0.15, 0.2) is 0 Å². The first-order chi connectivity index (χ1) is 9.93. The quantitative estimate of drug-likeness (QED) is 0.901. The Morgan fingerprint density at radius 1 is 0.950 bits per heavy atom. The molecule has 2 nitrogen and oxygen atoms in total. The maximum Gasteiger partial charge on any atom is 0.0602 e. The van der Waals surface area contributed by atoms with E-state index in [-0.39, 0.29) is 0 Å². The Balaban J connectivity index is 1.62. The van der Waals surface area contributed by atoms with Crippen LogP contribution in [0.4, 0.5) is 11.4 Å². The van der Waals surface area contributed by atoms with Gasteiger partial charge in [0.1, 0.15) is 0 Å². The van der Waals surface area contributed by atoms with E-state index in [4.69, 9.17) is 0 Å². The first-order valence-electron chi connectivity index (χ1n) is 7.55. The van der Waals surface area contributed by atoms with Crippen LogP contribution in [0.3, 0.4) is 0 Å². The molecule has 0 spiro atoms. The van der Waals surface area contributed by atoms with Crippen LogP contribution in [0.2, 0.25) is 0 Å². The van der Waals surface area contributed by atoms with Gasteiger partial charge < -0.3 is 10.2 Å². The van der Waals surface area contributed by atoms with E-state index in [1.54, 1.807) is 0 Å². The van der Waals surface area contributed by atoms with Gasteiger partial charge in [-0.15, -0.1) is 0 Å². The van der Waals surface area contributed by atoms with E-state index in [0.29, 0.717) is 0 Å². The topological polar surface area (TPSA) is 15.3 Å². The number of anilines is 2. The van der Waals surface area contributed by atoms with E-state index in [2.05, 4.69) is 64.8 Å². The third-order valence-electron chi connectivity index (χ3n) is 3.90. The minimum atomic E-state index is 1.08. The van der Waals surface area contributed by atoms with Gasteiger partial charge >= 0.3 is 0 Å². The van der Waals surface area contributed by atoms with Crippen molar-refractivity contribution >= 4 is 11.4 Å². The lowest BCUT2D eigenvalue weighted by atomic mass is 10.1. The molecule has 1 aliphatic heterocycles. The molecule has 1 aliphatic rings. The molecule has 2 aromatic carbocycles. The van der Waals surface area contributed by atoms with E-state index in [9.17, 15) is 0 Å². The van der Waals surface area contributed by atoms with Crippen LogP contribution in [0.5, 0.6) is 0 Å². The van der Waals surface area contributed by atoms with Crippen molar-refractivity contribution in [1.82, 2.24) is 0 Å². The van der Waals surface area contributed by atoms with E-state index in [1.165, 1.54) is 29.8 Å². The summed E-state index contributed by atoms with van der Waals surface area (Å²) in [4.78, 5) is 2.53. The summed E-state index contributed by atoms with van der Waals surface area (Å²) in [6.07, 6.45) is 3.57. The second kappa shape index (κ2) is 6.47. The molecule has 2 aromatic rings. The summed E-state index contributed by atoms with van der Waals surface area (Å²) < 4.78 is 0. The highest BCUT2D eigenvalue weighted by atomic mass is 15.2. The standard InChI is InChI=1S/C18H22N2/c1-2-8-16(9-3-1)10-6-14-20-15-7-13-19-17-11-4-5-12-18(17)20/h1-5,8-9,11-12,19H,6-7,10,13-15H2. The van der Waals surface area contributed by atoms with Crippen LogP contribution in [-0.4, -0.2) is 19.6 Å². The minimum absolute atomic E-state index is 1.08. The van der Waals surface area contributed by atoms with Crippen molar-refractivity contribution in [3.05, 3.63) is 60.2 Å². The largest absolute Gasteiger partial charge is 0.383 e. The molecule has 0 saturated carbocycles. The van der Waals surface area contributed by atoms with Crippen molar-refractivity contribution < 1.29 is 0 Å². The molecule has 20 heavy (non-hydrogen) atoms. The molecule has 3 rings (SSSR count). The molecular weight excluding hydrogens is 244 g/mol. The fourth-order valence-corrected chi connectivity index (χ4v) is 2.86. The maximum absolute atomic E-state index is 3.52. The molecule has 0 aromatic heterocycles. The number of benzene rings is 2. The summed E-state index contributed by atoms with van der Waals surface area (Å²) in [5.41, 5.74) is 4.08. The second-order valence-electron chi connectivity index (χ2n) is 5.37. The van der Waals surface area contributed by atoms with Crippen LogP contribution in [-0.2, 0) is 6.42 Å². The van der Waals surface area contributed by atoms with Crippen LogP contribution < -0.4 is 10.2 Å². The molecular formula is C18H22N2. The number of rotatable bonds is 4. The molecule has 1 N–H and O–H groups in total. The Morgan fingerprint density at radius 3 is 2.65 bits per heavy atom. The third kappa shape index (κ3) is 3.13. The Hall–Kier alpha value is -1.96. The van der Waals surface area contributed by atoms with Crippen LogP contribution in [0.15, 0.2) is 54.6 Å². The Kier molecular flexibility index (Phi) is 4.22. The van der Waals surface area contributed by atoms with Crippen LogP contribution in [0.1, 0.15) is 18.4 Å². The molecule has 0 saturated heterocycles. The predicted octanol–water partition coefficient (Wildman–Crippen LogP) is 3.94. The number of hydrogen-bond donors (Lipinski definition) is 1. The van der Waals surface area contributed by atoms with Crippen molar-refractivity contribution in [2.24, 2.45) is 0 Å². The Morgan fingerprint density at radius 2 is 1.75 bits per heavy atom. The molecule has 0 bridgehead atoms.